The second kappa shape index (κ2) is 7.86. The topological polar surface area (TPSA) is 0 Å². The molecule has 1 heterocycles. The van der Waals surface area contributed by atoms with E-state index in [1.807, 2.05) is 0 Å². The lowest BCUT2D eigenvalue weighted by Gasteiger charge is -2.40. The van der Waals surface area contributed by atoms with Gasteiger partial charge in [-0.2, -0.15) is 0 Å². The van der Waals surface area contributed by atoms with Crippen LogP contribution < -0.4 is 17.0 Å². The van der Waals surface area contributed by atoms with Gasteiger partial charge in [-0.3, -0.25) is 0 Å². The fraction of sp³-hybridized carbons (Fsp3) is 0.833. The predicted octanol–water partition coefficient (Wildman–Crippen LogP) is 0.352. The summed E-state index contributed by atoms with van der Waals surface area (Å²) < 4.78 is 1.32. The average Bonchev–Trinajstić information content (AvgIpc) is 2.17. The van der Waals surface area contributed by atoms with Crippen molar-refractivity contribution >= 4 is 15.9 Å². The van der Waals surface area contributed by atoms with E-state index in [4.69, 9.17) is 0 Å². The minimum atomic E-state index is 0. The first kappa shape index (κ1) is 15.7. The molecular weight excluding hydrogens is 318 g/mol. The molecule has 90 valence electrons. The van der Waals surface area contributed by atoms with Gasteiger partial charge < -0.3 is 21.5 Å². The molecule has 0 spiro atoms. The van der Waals surface area contributed by atoms with Gasteiger partial charge in [-0.15, -0.1) is 0 Å². The molecule has 1 fully saturated rings. The Kier molecular flexibility index (Phi) is 8.20. The maximum Gasteiger partial charge on any atom is 0.0976 e. The lowest BCUT2D eigenvalue weighted by atomic mass is 10.1. The molecule has 1 rings (SSSR count). The highest BCUT2D eigenvalue weighted by Gasteiger charge is 2.27. The van der Waals surface area contributed by atoms with Gasteiger partial charge in [0, 0.05) is 0 Å². The SMILES string of the molecule is CC(C)=CC[N+]1(CCBr)CCCCC1.[Br-]. The number of hydrogen-bond acceptors (Lipinski definition) is 0. The summed E-state index contributed by atoms with van der Waals surface area (Å²) in [5.74, 6) is 0. The Balaban J connectivity index is 0.00000196. The van der Waals surface area contributed by atoms with Crippen LogP contribution in [-0.4, -0.2) is 36.0 Å². The fourth-order valence-electron chi connectivity index (χ4n) is 2.24. The van der Waals surface area contributed by atoms with Gasteiger partial charge in [0.25, 0.3) is 0 Å². The van der Waals surface area contributed by atoms with E-state index in [0.29, 0.717) is 0 Å². The molecule has 1 aliphatic rings. The van der Waals surface area contributed by atoms with Gasteiger partial charge in [-0.25, -0.2) is 0 Å². The van der Waals surface area contributed by atoms with Gasteiger partial charge in [0.2, 0.25) is 0 Å². The Bertz CT molecular complexity index is 186. The molecule has 0 aliphatic carbocycles. The van der Waals surface area contributed by atoms with Crippen LogP contribution in [0.4, 0.5) is 0 Å². The van der Waals surface area contributed by atoms with E-state index in [0.717, 1.165) is 5.33 Å². The van der Waals surface area contributed by atoms with Crippen molar-refractivity contribution < 1.29 is 21.5 Å². The zero-order chi connectivity index (χ0) is 10.4. The minimum absolute atomic E-state index is 0. The van der Waals surface area contributed by atoms with E-state index < -0.39 is 0 Å². The molecule has 0 bridgehead atoms. The predicted molar refractivity (Wildman–Crippen MR) is 66.8 cm³/mol. The smallest absolute Gasteiger partial charge is 0.0976 e. The number of quaternary nitrogens is 1. The molecular formula is C12H23Br2N. The highest BCUT2D eigenvalue weighted by molar-refractivity contribution is 9.09. The maximum atomic E-state index is 3.59. The summed E-state index contributed by atoms with van der Waals surface area (Å²) in [6.07, 6.45) is 6.69. The van der Waals surface area contributed by atoms with Crippen LogP contribution in [0.3, 0.4) is 0 Å². The van der Waals surface area contributed by atoms with Crippen molar-refractivity contribution in [2.45, 2.75) is 33.1 Å². The summed E-state index contributed by atoms with van der Waals surface area (Å²) in [5.41, 5.74) is 1.46. The minimum Gasteiger partial charge on any atom is -1.00 e. The van der Waals surface area contributed by atoms with Crippen LogP contribution in [0, 0.1) is 0 Å². The monoisotopic (exact) mass is 339 g/mol. The molecule has 1 aliphatic heterocycles. The van der Waals surface area contributed by atoms with Gasteiger partial charge in [-0.05, 0) is 39.2 Å². The highest BCUT2D eigenvalue weighted by Crippen LogP contribution is 2.19. The Labute approximate surface area is 113 Å². The molecule has 0 aromatic rings. The quantitative estimate of drug-likeness (QED) is 0.393. The molecule has 15 heavy (non-hydrogen) atoms. The van der Waals surface area contributed by atoms with Crippen molar-refractivity contribution in [3.05, 3.63) is 11.6 Å². The van der Waals surface area contributed by atoms with E-state index in [9.17, 15) is 0 Å². The van der Waals surface area contributed by atoms with Crippen LogP contribution in [0.25, 0.3) is 0 Å². The summed E-state index contributed by atoms with van der Waals surface area (Å²) in [7, 11) is 0. The third-order valence-electron chi connectivity index (χ3n) is 3.21. The Morgan fingerprint density at radius 3 is 2.27 bits per heavy atom. The zero-order valence-corrected chi connectivity index (χ0v) is 13.1. The summed E-state index contributed by atoms with van der Waals surface area (Å²) in [5, 5.41) is 1.14. The van der Waals surface area contributed by atoms with Gasteiger partial charge in [0.15, 0.2) is 0 Å². The highest BCUT2D eigenvalue weighted by atomic mass is 79.9. The Morgan fingerprint density at radius 2 is 1.80 bits per heavy atom. The molecule has 0 radical (unpaired) electrons. The van der Waals surface area contributed by atoms with Gasteiger partial charge in [-0.1, -0.05) is 21.5 Å². The van der Waals surface area contributed by atoms with Crippen LogP contribution >= 0.6 is 15.9 Å². The Hall–Kier alpha value is 0.660. The van der Waals surface area contributed by atoms with Crippen molar-refractivity contribution in [2.24, 2.45) is 0 Å². The number of allylic oxidation sites excluding steroid dienone is 1. The molecule has 0 N–H and O–H groups in total. The van der Waals surface area contributed by atoms with Gasteiger partial charge >= 0.3 is 0 Å². The van der Waals surface area contributed by atoms with Crippen LogP contribution in [0.15, 0.2) is 11.6 Å². The van der Waals surface area contributed by atoms with Crippen LogP contribution in [-0.2, 0) is 0 Å². The van der Waals surface area contributed by atoms with Crippen molar-refractivity contribution in [3.63, 3.8) is 0 Å². The number of piperidine rings is 1. The number of likely N-dealkylation sites (tertiary alicyclic amines) is 1. The first-order valence-corrected chi connectivity index (χ1v) is 6.85. The molecule has 0 saturated carbocycles. The molecule has 0 unspecified atom stereocenters. The maximum absolute atomic E-state index is 3.59. The number of alkyl halides is 1. The standard InChI is InChI=1S/C12H23BrN.BrH/c1-12(2)6-10-14(11-7-13)8-4-3-5-9-14;/h6H,3-5,7-11H2,1-2H3;1H/q+1;/p-1. The van der Waals surface area contributed by atoms with Crippen molar-refractivity contribution in [2.75, 3.05) is 31.5 Å². The van der Waals surface area contributed by atoms with E-state index in [1.165, 1.54) is 55.5 Å². The van der Waals surface area contributed by atoms with E-state index >= 15 is 0 Å². The molecule has 0 amide bonds. The summed E-state index contributed by atoms with van der Waals surface area (Å²) in [6.45, 7) is 9.71. The van der Waals surface area contributed by atoms with Crippen molar-refractivity contribution in [1.29, 1.82) is 0 Å². The van der Waals surface area contributed by atoms with E-state index in [-0.39, 0.29) is 17.0 Å². The summed E-state index contributed by atoms with van der Waals surface area (Å²) in [6, 6.07) is 0. The number of halogens is 2. The molecule has 1 nitrogen and oxygen atoms in total. The van der Waals surface area contributed by atoms with E-state index in [2.05, 4.69) is 35.9 Å². The van der Waals surface area contributed by atoms with Crippen LogP contribution in [0.2, 0.25) is 0 Å². The first-order valence-electron chi connectivity index (χ1n) is 5.73. The second-order valence-corrected chi connectivity index (χ2v) is 5.52. The van der Waals surface area contributed by atoms with Gasteiger partial charge in [0.05, 0.1) is 31.5 Å². The lowest BCUT2D eigenvalue weighted by molar-refractivity contribution is -0.924. The average molecular weight is 341 g/mol. The number of rotatable bonds is 4. The zero-order valence-electron chi connectivity index (χ0n) is 9.94. The van der Waals surface area contributed by atoms with E-state index in [1.54, 1.807) is 0 Å². The normalized spacial score (nSPS) is 19.1. The molecule has 0 aromatic carbocycles. The second-order valence-electron chi connectivity index (χ2n) is 4.73. The summed E-state index contributed by atoms with van der Waals surface area (Å²) in [4.78, 5) is 0. The fourth-order valence-corrected chi connectivity index (χ4v) is 2.99. The largest absolute Gasteiger partial charge is 1.00 e. The van der Waals surface area contributed by atoms with Crippen molar-refractivity contribution in [1.82, 2.24) is 0 Å². The summed E-state index contributed by atoms with van der Waals surface area (Å²) >= 11 is 3.59. The molecule has 1 saturated heterocycles. The third-order valence-corrected chi connectivity index (χ3v) is 3.57. The van der Waals surface area contributed by atoms with Gasteiger partial charge in [0.1, 0.15) is 0 Å². The van der Waals surface area contributed by atoms with Crippen molar-refractivity contribution in [3.8, 4) is 0 Å². The molecule has 0 aromatic heterocycles. The lowest BCUT2D eigenvalue weighted by Crippen LogP contribution is -3.00. The number of nitrogens with zero attached hydrogens (tertiary/aromatic N) is 1. The Morgan fingerprint density at radius 1 is 1.20 bits per heavy atom. The molecule has 0 atom stereocenters. The van der Waals surface area contributed by atoms with Crippen LogP contribution in [0.5, 0.6) is 0 Å². The van der Waals surface area contributed by atoms with Crippen LogP contribution in [0.1, 0.15) is 33.1 Å². The third kappa shape index (κ3) is 5.50. The number of hydrogen-bond donors (Lipinski definition) is 0. The first-order chi connectivity index (χ1) is 6.68. The molecule has 3 heteroatoms.